The Morgan fingerprint density at radius 3 is 2.56 bits per heavy atom. The van der Waals surface area contributed by atoms with Crippen LogP contribution in [0.15, 0.2) is 24.3 Å². The number of alkyl halides is 2. The second-order valence-electron chi connectivity index (χ2n) is 3.09. The van der Waals surface area contributed by atoms with E-state index in [1.54, 1.807) is 0 Å². The fourth-order valence-electron chi connectivity index (χ4n) is 1.03. The lowest BCUT2D eigenvalue weighted by Gasteiger charge is -2.10. The van der Waals surface area contributed by atoms with Crippen molar-refractivity contribution < 1.29 is 23.1 Å². The number of amides is 1. The van der Waals surface area contributed by atoms with Crippen LogP contribution in [0.3, 0.4) is 0 Å². The number of carbonyl (C=O) groups excluding carboxylic acids is 1. The third-order valence-electron chi connectivity index (χ3n) is 1.88. The Bertz CT molecular complexity index is 371. The summed E-state index contributed by atoms with van der Waals surface area (Å²) in [7, 11) is 0. The number of halogens is 3. The maximum atomic E-state index is 13.1. The molecular formula is C10H10F3NO2. The van der Waals surface area contributed by atoms with Gasteiger partial charge in [0.1, 0.15) is 11.9 Å². The number of rotatable bonds is 4. The zero-order valence-corrected chi connectivity index (χ0v) is 8.16. The van der Waals surface area contributed by atoms with Crippen LogP contribution in [-0.2, 0) is 0 Å². The molecule has 0 saturated carbocycles. The Balaban J connectivity index is 2.57. The van der Waals surface area contributed by atoms with E-state index in [1.807, 2.05) is 5.32 Å². The van der Waals surface area contributed by atoms with Crippen LogP contribution in [0.1, 0.15) is 10.4 Å². The standard InChI is InChI=1S/C10H10F3NO2/c11-7-4-2-1-3-6(7)10(16)14-5-8(15)9(12)13/h1-4,8-9,15H,5H2,(H,14,16). The molecule has 0 fully saturated rings. The van der Waals surface area contributed by atoms with Gasteiger partial charge in [-0.2, -0.15) is 0 Å². The van der Waals surface area contributed by atoms with Crippen molar-refractivity contribution in [3.05, 3.63) is 35.6 Å². The number of hydrogen-bond acceptors (Lipinski definition) is 2. The highest BCUT2D eigenvalue weighted by atomic mass is 19.3. The van der Waals surface area contributed by atoms with Gasteiger partial charge in [0.15, 0.2) is 0 Å². The highest BCUT2D eigenvalue weighted by Crippen LogP contribution is 2.06. The van der Waals surface area contributed by atoms with Crippen LogP contribution in [0.25, 0.3) is 0 Å². The van der Waals surface area contributed by atoms with Crippen molar-refractivity contribution in [2.75, 3.05) is 6.54 Å². The van der Waals surface area contributed by atoms with Crippen LogP contribution >= 0.6 is 0 Å². The second-order valence-corrected chi connectivity index (χ2v) is 3.09. The van der Waals surface area contributed by atoms with Crippen LogP contribution in [-0.4, -0.2) is 30.1 Å². The van der Waals surface area contributed by atoms with Gasteiger partial charge < -0.3 is 10.4 Å². The fourth-order valence-corrected chi connectivity index (χ4v) is 1.03. The molecule has 1 unspecified atom stereocenters. The van der Waals surface area contributed by atoms with Crippen LogP contribution in [0.5, 0.6) is 0 Å². The molecule has 6 heteroatoms. The second kappa shape index (κ2) is 5.50. The number of benzene rings is 1. The Kier molecular flexibility index (Phi) is 4.30. The molecule has 0 bridgehead atoms. The van der Waals surface area contributed by atoms with E-state index in [2.05, 4.69) is 0 Å². The smallest absolute Gasteiger partial charge is 0.265 e. The molecule has 1 aromatic carbocycles. The average Bonchev–Trinajstić information content (AvgIpc) is 2.25. The van der Waals surface area contributed by atoms with Gasteiger partial charge in [-0.05, 0) is 12.1 Å². The summed E-state index contributed by atoms with van der Waals surface area (Å²) in [5.74, 6) is -1.58. The maximum Gasteiger partial charge on any atom is 0.265 e. The quantitative estimate of drug-likeness (QED) is 0.820. The molecule has 1 atom stereocenters. The molecular weight excluding hydrogens is 223 g/mol. The number of hydrogen-bond donors (Lipinski definition) is 2. The van der Waals surface area contributed by atoms with Gasteiger partial charge in [0.05, 0.1) is 5.56 Å². The maximum absolute atomic E-state index is 13.1. The largest absolute Gasteiger partial charge is 0.385 e. The monoisotopic (exact) mass is 233 g/mol. The summed E-state index contributed by atoms with van der Waals surface area (Å²) in [6, 6.07) is 5.15. The fraction of sp³-hybridized carbons (Fsp3) is 0.300. The van der Waals surface area contributed by atoms with Crippen molar-refractivity contribution in [2.45, 2.75) is 12.5 Å². The Labute approximate surface area is 89.9 Å². The lowest BCUT2D eigenvalue weighted by Crippen LogP contribution is -2.36. The van der Waals surface area contributed by atoms with Crippen LogP contribution in [0, 0.1) is 5.82 Å². The minimum Gasteiger partial charge on any atom is -0.385 e. The lowest BCUT2D eigenvalue weighted by molar-refractivity contribution is -0.00272. The number of carbonyl (C=O) groups is 1. The van der Waals surface area contributed by atoms with Gasteiger partial charge in [-0.1, -0.05) is 12.1 Å². The summed E-state index contributed by atoms with van der Waals surface area (Å²) in [6.45, 7) is -0.620. The van der Waals surface area contributed by atoms with Crippen molar-refractivity contribution >= 4 is 5.91 Å². The van der Waals surface area contributed by atoms with E-state index >= 15 is 0 Å². The number of nitrogens with one attached hydrogen (secondary N) is 1. The Hall–Kier alpha value is -1.56. The van der Waals surface area contributed by atoms with E-state index in [1.165, 1.54) is 18.2 Å². The molecule has 0 radical (unpaired) electrons. The highest BCUT2D eigenvalue weighted by Gasteiger charge is 2.18. The predicted molar refractivity (Wildman–Crippen MR) is 50.7 cm³/mol. The summed E-state index contributed by atoms with van der Waals surface area (Å²) < 4.78 is 36.8. The molecule has 16 heavy (non-hydrogen) atoms. The normalized spacial score (nSPS) is 12.6. The molecule has 0 aliphatic heterocycles. The zero-order chi connectivity index (χ0) is 12.1. The molecule has 0 saturated heterocycles. The summed E-state index contributed by atoms with van der Waals surface area (Å²) >= 11 is 0. The zero-order valence-electron chi connectivity index (χ0n) is 8.16. The molecule has 1 aromatic rings. The molecule has 3 nitrogen and oxygen atoms in total. The first kappa shape index (κ1) is 12.5. The first-order valence-electron chi connectivity index (χ1n) is 4.51. The Morgan fingerprint density at radius 2 is 2.00 bits per heavy atom. The van der Waals surface area contributed by atoms with Gasteiger partial charge in [-0.3, -0.25) is 4.79 Å². The van der Waals surface area contributed by atoms with Crippen molar-refractivity contribution in [2.24, 2.45) is 0 Å². The van der Waals surface area contributed by atoms with E-state index in [0.717, 1.165) is 6.07 Å². The summed E-state index contributed by atoms with van der Waals surface area (Å²) in [6.07, 6.45) is -4.89. The lowest BCUT2D eigenvalue weighted by atomic mass is 10.2. The van der Waals surface area contributed by atoms with Gasteiger partial charge >= 0.3 is 0 Å². The molecule has 0 aliphatic carbocycles. The van der Waals surface area contributed by atoms with E-state index in [4.69, 9.17) is 5.11 Å². The van der Waals surface area contributed by atoms with Crippen LogP contribution < -0.4 is 5.32 Å². The molecule has 88 valence electrons. The van der Waals surface area contributed by atoms with E-state index in [0.29, 0.717) is 0 Å². The molecule has 0 aromatic heterocycles. The van der Waals surface area contributed by atoms with Gasteiger partial charge in [-0.25, -0.2) is 13.2 Å². The molecule has 1 rings (SSSR count). The van der Waals surface area contributed by atoms with Gasteiger partial charge in [0.2, 0.25) is 0 Å². The van der Waals surface area contributed by atoms with Crippen molar-refractivity contribution in [1.82, 2.24) is 5.32 Å². The highest BCUT2D eigenvalue weighted by molar-refractivity contribution is 5.94. The minimum absolute atomic E-state index is 0.246. The van der Waals surface area contributed by atoms with Gasteiger partial charge in [0.25, 0.3) is 12.3 Å². The van der Waals surface area contributed by atoms with Crippen molar-refractivity contribution in [3.8, 4) is 0 Å². The van der Waals surface area contributed by atoms with Crippen molar-refractivity contribution in [1.29, 1.82) is 0 Å². The third-order valence-corrected chi connectivity index (χ3v) is 1.88. The van der Waals surface area contributed by atoms with Crippen molar-refractivity contribution in [3.63, 3.8) is 0 Å². The summed E-state index contributed by atoms with van der Waals surface area (Å²) in [5, 5.41) is 10.7. The molecule has 0 heterocycles. The average molecular weight is 233 g/mol. The van der Waals surface area contributed by atoms with E-state index in [9.17, 15) is 18.0 Å². The molecule has 2 N–H and O–H groups in total. The Morgan fingerprint density at radius 1 is 1.38 bits per heavy atom. The minimum atomic E-state index is -2.94. The van der Waals surface area contributed by atoms with Gasteiger partial charge in [-0.15, -0.1) is 0 Å². The SMILES string of the molecule is O=C(NCC(O)C(F)F)c1ccccc1F. The first-order chi connectivity index (χ1) is 7.52. The van der Waals surface area contributed by atoms with Crippen LogP contribution in [0.4, 0.5) is 13.2 Å². The molecule has 0 aliphatic rings. The predicted octanol–water partition coefficient (Wildman–Crippen LogP) is 1.18. The van der Waals surface area contributed by atoms with E-state index in [-0.39, 0.29) is 5.56 Å². The van der Waals surface area contributed by atoms with E-state index < -0.39 is 30.8 Å². The molecule has 0 spiro atoms. The number of aliphatic hydroxyl groups is 1. The topological polar surface area (TPSA) is 49.3 Å². The molecule has 1 amide bonds. The van der Waals surface area contributed by atoms with Gasteiger partial charge in [0, 0.05) is 6.54 Å². The number of aliphatic hydroxyl groups excluding tert-OH is 1. The summed E-state index contributed by atoms with van der Waals surface area (Å²) in [5.41, 5.74) is -0.246. The summed E-state index contributed by atoms with van der Waals surface area (Å²) in [4.78, 5) is 11.3. The van der Waals surface area contributed by atoms with Crippen LogP contribution in [0.2, 0.25) is 0 Å². The first-order valence-corrected chi connectivity index (χ1v) is 4.51. The third kappa shape index (κ3) is 3.23.